The first-order valence-corrected chi connectivity index (χ1v) is 7.28. The topological polar surface area (TPSA) is 89.2 Å². The van der Waals surface area contributed by atoms with Gasteiger partial charge in [-0.05, 0) is 37.8 Å². The number of hydrogen-bond donors (Lipinski definition) is 2. The van der Waals surface area contributed by atoms with Gasteiger partial charge in [-0.3, -0.25) is 4.90 Å². The lowest BCUT2D eigenvalue weighted by Crippen LogP contribution is -2.58. The predicted octanol–water partition coefficient (Wildman–Crippen LogP) is 1.80. The zero-order valence-corrected chi connectivity index (χ0v) is 12.2. The number of guanidine groups is 2. The van der Waals surface area contributed by atoms with E-state index in [9.17, 15) is 0 Å². The molecule has 1 fully saturated rings. The molecule has 21 heavy (non-hydrogen) atoms. The predicted molar refractivity (Wildman–Crippen MR) is 84.5 cm³/mol. The molecule has 1 aromatic rings. The molecule has 0 radical (unpaired) electrons. The van der Waals surface area contributed by atoms with Gasteiger partial charge in [0.15, 0.2) is 0 Å². The third-order valence-electron chi connectivity index (χ3n) is 4.16. The van der Waals surface area contributed by atoms with Gasteiger partial charge >= 0.3 is 0 Å². The Morgan fingerprint density at radius 3 is 2.67 bits per heavy atom. The van der Waals surface area contributed by atoms with Crippen LogP contribution >= 0.6 is 0 Å². The van der Waals surface area contributed by atoms with Crippen LogP contribution in [0.15, 0.2) is 34.3 Å². The van der Waals surface area contributed by atoms with E-state index in [4.69, 9.17) is 16.2 Å². The van der Waals surface area contributed by atoms with Crippen molar-refractivity contribution < 1.29 is 4.74 Å². The molecule has 6 nitrogen and oxygen atoms in total. The Hall–Kier alpha value is -2.24. The van der Waals surface area contributed by atoms with Crippen molar-refractivity contribution in [3.05, 3.63) is 24.3 Å². The van der Waals surface area contributed by atoms with Gasteiger partial charge in [0.05, 0.1) is 7.11 Å². The van der Waals surface area contributed by atoms with Crippen LogP contribution in [0.5, 0.6) is 5.75 Å². The van der Waals surface area contributed by atoms with Crippen LogP contribution in [0.3, 0.4) is 0 Å². The average Bonchev–Trinajstić information content (AvgIpc) is 2.47. The summed E-state index contributed by atoms with van der Waals surface area (Å²) < 4.78 is 5.31. The third-order valence-corrected chi connectivity index (χ3v) is 4.16. The fourth-order valence-electron chi connectivity index (χ4n) is 3.24. The number of benzene rings is 1. The maximum Gasteiger partial charge on any atom is 0.220 e. The monoisotopic (exact) mass is 287 g/mol. The highest BCUT2D eigenvalue weighted by Crippen LogP contribution is 2.40. The minimum absolute atomic E-state index is 0.272. The standard InChI is InChI=1S/C15H21N5O/c1-21-12-7-5-6-11(10-12)20-14(17)18-13(16)19-15(20)8-3-2-4-9-15/h5-7,10H,2-4,8-9H2,1H3,(H4,16,17,18,19). The lowest BCUT2D eigenvalue weighted by Gasteiger charge is -2.45. The second-order valence-electron chi connectivity index (χ2n) is 5.52. The Balaban J connectivity index is 2.06. The van der Waals surface area contributed by atoms with Crippen molar-refractivity contribution >= 4 is 17.6 Å². The van der Waals surface area contributed by atoms with E-state index < -0.39 is 5.66 Å². The van der Waals surface area contributed by atoms with Crippen LogP contribution in [-0.4, -0.2) is 24.7 Å². The minimum atomic E-state index is -0.402. The fraction of sp³-hybridized carbons (Fsp3) is 0.467. The Morgan fingerprint density at radius 2 is 1.95 bits per heavy atom. The molecule has 112 valence electrons. The first kappa shape index (κ1) is 13.7. The summed E-state index contributed by atoms with van der Waals surface area (Å²) in [5, 5.41) is 0. The molecule has 1 aliphatic heterocycles. The molecule has 1 spiro atoms. The summed E-state index contributed by atoms with van der Waals surface area (Å²) in [5.74, 6) is 1.46. The van der Waals surface area contributed by atoms with Crippen molar-refractivity contribution in [3.63, 3.8) is 0 Å². The van der Waals surface area contributed by atoms with Crippen LogP contribution in [-0.2, 0) is 0 Å². The van der Waals surface area contributed by atoms with Gasteiger partial charge in [0.2, 0.25) is 11.9 Å². The summed E-state index contributed by atoms with van der Waals surface area (Å²) in [6.45, 7) is 0. The Kier molecular flexibility index (Phi) is 3.45. The van der Waals surface area contributed by atoms with E-state index >= 15 is 0 Å². The van der Waals surface area contributed by atoms with Gasteiger partial charge in [0.25, 0.3) is 0 Å². The van der Waals surface area contributed by atoms with E-state index in [1.54, 1.807) is 7.11 Å². The molecule has 0 aromatic heterocycles. The molecule has 4 N–H and O–H groups in total. The van der Waals surface area contributed by atoms with Crippen LogP contribution < -0.4 is 21.1 Å². The number of hydrogen-bond acceptors (Lipinski definition) is 6. The van der Waals surface area contributed by atoms with Gasteiger partial charge in [-0.2, -0.15) is 4.99 Å². The molecular formula is C15H21N5O. The van der Waals surface area contributed by atoms with Gasteiger partial charge in [0.1, 0.15) is 11.4 Å². The summed E-state index contributed by atoms with van der Waals surface area (Å²) in [7, 11) is 1.65. The van der Waals surface area contributed by atoms with E-state index in [0.29, 0.717) is 5.96 Å². The molecule has 0 amide bonds. The summed E-state index contributed by atoms with van der Waals surface area (Å²) in [4.78, 5) is 10.8. The van der Waals surface area contributed by atoms with Gasteiger partial charge in [-0.15, -0.1) is 0 Å². The van der Waals surface area contributed by atoms with Gasteiger partial charge in [-0.1, -0.05) is 12.5 Å². The largest absolute Gasteiger partial charge is 0.497 e. The van der Waals surface area contributed by atoms with Crippen LogP contribution in [0.4, 0.5) is 5.69 Å². The molecule has 6 heteroatoms. The van der Waals surface area contributed by atoms with Crippen LogP contribution in [0.1, 0.15) is 32.1 Å². The molecule has 1 heterocycles. The maximum absolute atomic E-state index is 6.17. The first-order valence-electron chi connectivity index (χ1n) is 7.28. The number of nitrogens with two attached hydrogens (primary N) is 2. The van der Waals surface area contributed by atoms with Crippen molar-refractivity contribution in [2.24, 2.45) is 21.5 Å². The highest BCUT2D eigenvalue weighted by molar-refractivity contribution is 6.05. The van der Waals surface area contributed by atoms with Crippen molar-refractivity contribution in [1.29, 1.82) is 0 Å². The molecule has 0 bridgehead atoms. The maximum atomic E-state index is 6.17. The Morgan fingerprint density at radius 1 is 1.19 bits per heavy atom. The smallest absolute Gasteiger partial charge is 0.220 e. The fourth-order valence-corrected chi connectivity index (χ4v) is 3.24. The zero-order valence-electron chi connectivity index (χ0n) is 12.2. The van der Waals surface area contributed by atoms with Crippen molar-refractivity contribution in [2.75, 3.05) is 12.0 Å². The van der Waals surface area contributed by atoms with Crippen molar-refractivity contribution in [2.45, 2.75) is 37.8 Å². The molecule has 1 aliphatic carbocycles. The molecule has 1 saturated carbocycles. The number of anilines is 1. The summed E-state index contributed by atoms with van der Waals surface area (Å²) in [6.07, 6.45) is 5.32. The van der Waals surface area contributed by atoms with E-state index in [0.717, 1.165) is 37.1 Å². The molecule has 0 unspecified atom stereocenters. The number of methoxy groups -OCH3 is 1. The number of ether oxygens (including phenoxy) is 1. The second-order valence-corrected chi connectivity index (χ2v) is 5.52. The summed E-state index contributed by atoms with van der Waals surface area (Å²) in [5.41, 5.74) is 12.6. The van der Waals surface area contributed by atoms with E-state index in [1.807, 2.05) is 29.2 Å². The number of rotatable bonds is 2. The van der Waals surface area contributed by atoms with Crippen LogP contribution in [0.2, 0.25) is 0 Å². The Labute approximate surface area is 124 Å². The summed E-state index contributed by atoms with van der Waals surface area (Å²) >= 11 is 0. The first-order chi connectivity index (χ1) is 10.1. The molecular weight excluding hydrogens is 266 g/mol. The molecule has 1 aromatic carbocycles. The zero-order chi connectivity index (χ0) is 14.9. The lowest BCUT2D eigenvalue weighted by atomic mass is 9.87. The van der Waals surface area contributed by atoms with Crippen LogP contribution in [0.25, 0.3) is 0 Å². The van der Waals surface area contributed by atoms with E-state index in [-0.39, 0.29) is 5.96 Å². The van der Waals surface area contributed by atoms with Gasteiger partial charge in [-0.25, -0.2) is 4.99 Å². The number of nitrogens with zero attached hydrogens (tertiary/aromatic N) is 3. The van der Waals surface area contributed by atoms with E-state index in [2.05, 4.69) is 9.98 Å². The van der Waals surface area contributed by atoms with Crippen molar-refractivity contribution in [3.8, 4) is 5.75 Å². The third kappa shape index (κ3) is 2.41. The quantitative estimate of drug-likeness (QED) is 0.868. The van der Waals surface area contributed by atoms with Gasteiger partial charge in [0, 0.05) is 11.8 Å². The second kappa shape index (κ2) is 5.27. The number of aliphatic imine (C=N–C) groups is 2. The highest BCUT2D eigenvalue weighted by Gasteiger charge is 2.42. The molecule has 2 aliphatic rings. The van der Waals surface area contributed by atoms with E-state index in [1.165, 1.54) is 6.42 Å². The lowest BCUT2D eigenvalue weighted by molar-refractivity contribution is 0.305. The average molecular weight is 287 g/mol. The Bertz CT molecular complexity index is 589. The summed E-state index contributed by atoms with van der Waals surface area (Å²) in [6, 6.07) is 7.81. The normalized spacial score (nSPS) is 20.9. The molecule has 3 rings (SSSR count). The highest BCUT2D eigenvalue weighted by atomic mass is 16.5. The van der Waals surface area contributed by atoms with Gasteiger partial charge < -0.3 is 16.2 Å². The molecule has 0 saturated heterocycles. The van der Waals surface area contributed by atoms with Crippen molar-refractivity contribution in [1.82, 2.24) is 0 Å². The molecule has 0 atom stereocenters. The SMILES string of the molecule is COc1cccc(N2C(N)=NC(N)=NC23CCCCC3)c1. The van der Waals surface area contributed by atoms with Crippen LogP contribution in [0, 0.1) is 0 Å². The minimum Gasteiger partial charge on any atom is -0.497 e.